The highest BCUT2D eigenvalue weighted by atomic mass is 16.1. The molecule has 3 aromatic heterocycles. The van der Waals surface area contributed by atoms with E-state index in [0.29, 0.717) is 0 Å². The molecular weight excluding hydrogens is 378 g/mol. The molecule has 146 valence electrons. The SMILES string of the molecule is CC(CC#N)n1nnc2cc3c(=O)n([C@H](C)Cn4ncnn4)nnc3cc2c1=O. The van der Waals surface area contributed by atoms with Crippen molar-refractivity contribution in [3.05, 3.63) is 39.2 Å². The predicted molar refractivity (Wildman–Crippen MR) is 98.6 cm³/mol. The highest BCUT2D eigenvalue weighted by Gasteiger charge is 2.17. The van der Waals surface area contributed by atoms with Crippen molar-refractivity contribution < 1.29 is 0 Å². The van der Waals surface area contributed by atoms with Crippen LogP contribution in [0.25, 0.3) is 21.8 Å². The number of rotatable bonds is 5. The van der Waals surface area contributed by atoms with Gasteiger partial charge in [0, 0.05) is 0 Å². The van der Waals surface area contributed by atoms with Gasteiger partial charge < -0.3 is 0 Å². The summed E-state index contributed by atoms with van der Waals surface area (Å²) in [5.41, 5.74) is -0.246. The first-order valence-electron chi connectivity index (χ1n) is 8.75. The van der Waals surface area contributed by atoms with Crippen LogP contribution in [0.2, 0.25) is 0 Å². The third kappa shape index (κ3) is 3.20. The maximum absolute atomic E-state index is 12.9. The average Bonchev–Trinajstić information content (AvgIpc) is 3.21. The first kappa shape index (κ1) is 18.3. The van der Waals surface area contributed by atoms with Gasteiger partial charge in [-0.2, -0.15) is 10.1 Å². The Labute approximate surface area is 162 Å². The Bertz CT molecular complexity index is 1350. The van der Waals surface area contributed by atoms with E-state index in [-0.39, 0.29) is 46.4 Å². The van der Waals surface area contributed by atoms with Crippen molar-refractivity contribution >= 4 is 21.8 Å². The number of benzene rings is 1. The molecule has 0 saturated heterocycles. The lowest BCUT2D eigenvalue weighted by atomic mass is 10.1. The Hall–Kier alpha value is -4.08. The van der Waals surface area contributed by atoms with Gasteiger partial charge in [-0.25, -0.2) is 9.36 Å². The smallest absolute Gasteiger partial charge is 0.267 e. The Morgan fingerprint density at radius 3 is 2.07 bits per heavy atom. The van der Waals surface area contributed by atoms with Crippen LogP contribution in [0.1, 0.15) is 32.4 Å². The Kier molecular flexibility index (Phi) is 4.51. The van der Waals surface area contributed by atoms with Crippen LogP contribution in [-0.4, -0.2) is 50.2 Å². The quantitative estimate of drug-likeness (QED) is 0.408. The van der Waals surface area contributed by atoms with Crippen LogP contribution in [0.5, 0.6) is 0 Å². The van der Waals surface area contributed by atoms with Gasteiger partial charge in [-0.05, 0) is 31.2 Å². The lowest BCUT2D eigenvalue weighted by Crippen LogP contribution is -2.30. The van der Waals surface area contributed by atoms with Crippen LogP contribution in [0.4, 0.5) is 0 Å². The summed E-state index contributed by atoms with van der Waals surface area (Å²) < 4.78 is 2.38. The number of nitrogens with zero attached hydrogens (tertiary/aromatic N) is 11. The second kappa shape index (κ2) is 7.15. The van der Waals surface area contributed by atoms with Gasteiger partial charge in [0.25, 0.3) is 11.1 Å². The first-order valence-corrected chi connectivity index (χ1v) is 8.75. The number of hydrogen-bond acceptors (Lipinski definition) is 10. The van der Waals surface area contributed by atoms with E-state index in [0.717, 1.165) is 4.68 Å². The summed E-state index contributed by atoms with van der Waals surface area (Å²) in [5, 5.41) is 36.7. The Morgan fingerprint density at radius 2 is 1.55 bits per heavy atom. The van der Waals surface area contributed by atoms with Crippen molar-refractivity contribution in [1.29, 1.82) is 5.26 Å². The zero-order chi connectivity index (χ0) is 20.5. The average molecular weight is 393 g/mol. The first-order chi connectivity index (χ1) is 14.0. The van der Waals surface area contributed by atoms with E-state index < -0.39 is 11.6 Å². The van der Waals surface area contributed by atoms with Crippen LogP contribution >= 0.6 is 0 Å². The van der Waals surface area contributed by atoms with Gasteiger partial charge in [0.05, 0.1) is 41.9 Å². The third-order valence-corrected chi connectivity index (χ3v) is 4.53. The van der Waals surface area contributed by atoms with Crippen molar-refractivity contribution in [2.24, 2.45) is 0 Å². The molecule has 0 N–H and O–H groups in total. The zero-order valence-electron chi connectivity index (χ0n) is 15.5. The predicted octanol–water partition coefficient (Wildman–Crippen LogP) is -0.381. The minimum atomic E-state index is -0.426. The van der Waals surface area contributed by atoms with Crippen molar-refractivity contribution in [1.82, 2.24) is 50.2 Å². The summed E-state index contributed by atoms with van der Waals surface area (Å²) >= 11 is 0. The molecule has 4 rings (SSSR count). The third-order valence-electron chi connectivity index (χ3n) is 4.53. The maximum Gasteiger partial charge on any atom is 0.277 e. The lowest BCUT2D eigenvalue weighted by molar-refractivity contribution is 0.354. The molecule has 0 bridgehead atoms. The van der Waals surface area contributed by atoms with E-state index in [4.69, 9.17) is 5.26 Å². The number of hydrogen-bond donors (Lipinski definition) is 0. The number of nitriles is 1. The van der Waals surface area contributed by atoms with Gasteiger partial charge in [-0.1, -0.05) is 10.4 Å². The second-order valence-electron chi connectivity index (χ2n) is 6.62. The van der Waals surface area contributed by atoms with Gasteiger partial charge in [0.1, 0.15) is 11.0 Å². The highest BCUT2D eigenvalue weighted by Crippen LogP contribution is 2.15. The molecule has 0 saturated carbocycles. The Balaban J connectivity index is 1.82. The summed E-state index contributed by atoms with van der Waals surface area (Å²) in [6.07, 6.45) is 1.42. The van der Waals surface area contributed by atoms with Gasteiger partial charge in [-0.3, -0.25) is 9.59 Å². The van der Waals surface area contributed by atoms with Crippen LogP contribution in [0, 0.1) is 11.3 Å². The standard InChI is InChI=1S/C16H15N11O2/c1-9(3-4-17)26-15(28)11-5-14-12(6-13(11)20-23-26)16(29)27(24-21-14)10(2)7-25-19-8-18-22-25/h5-6,8-10H,3,7H2,1-2H3/t9?,10-/m1/s1. The largest absolute Gasteiger partial charge is 0.277 e. The molecule has 0 aliphatic rings. The molecule has 0 spiro atoms. The summed E-state index contributed by atoms with van der Waals surface area (Å²) in [4.78, 5) is 27.0. The van der Waals surface area contributed by atoms with E-state index in [1.165, 1.54) is 27.9 Å². The van der Waals surface area contributed by atoms with E-state index >= 15 is 0 Å². The molecule has 4 aromatic rings. The summed E-state index contributed by atoms with van der Waals surface area (Å²) in [6.45, 7) is 3.77. The topological polar surface area (TPSA) is 163 Å². The van der Waals surface area contributed by atoms with Crippen LogP contribution in [0.15, 0.2) is 28.0 Å². The molecule has 1 unspecified atom stereocenters. The van der Waals surface area contributed by atoms with E-state index in [2.05, 4.69) is 36.0 Å². The molecule has 0 fully saturated rings. The molecule has 3 heterocycles. The summed E-state index contributed by atoms with van der Waals surface area (Å²) in [7, 11) is 0. The molecular formula is C16H15N11O2. The van der Waals surface area contributed by atoms with Crippen LogP contribution in [0.3, 0.4) is 0 Å². The normalized spacial score (nSPS) is 13.4. The van der Waals surface area contributed by atoms with Crippen molar-refractivity contribution in [3.63, 3.8) is 0 Å². The van der Waals surface area contributed by atoms with E-state index in [1.54, 1.807) is 13.8 Å². The van der Waals surface area contributed by atoms with Crippen molar-refractivity contribution in [2.45, 2.75) is 38.9 Å². The zero-order valence-corrected chi connectivity index (χ0v) is 15.5. The molecule has 13 heteroatoms. The van der Waals surface area contributed by atoms with Gasteiger partial charge >= 0.3 is 0 Å². The van der Waals surface area contributed by atoms with Gasteiger partial charge in [-0.15, -0.1) is 20.4 Å². The molecule has 1 aromatic carbocycles. The fraction of sp³-hybridized carbons (Fsp3) is 0.375. The molecule has 2 atom stereocenters. The van der Waals surface area contributed by atoms with Crippen LogP contribution < -0.4 is 11.1 Å². The maximum atomic E-state index is 12.9. The second-order valence-corrected chi connectivity index (χ2v) is 6.62. The van der Waals surface area contributed by atoms with Gasteiger partial charge in [0.2, 0.25) is 0 Å². The minimum Gasteiger partial charge on any atom is -0.267 e. The lowest BCUT2D eigenvalue weighted by Gasteiger charge is -2.13. The monoisotopic (exact) mass is 393 g/mol. The fourth-order valence-electron chi connectivity index (χ4n) is 2.99. The van der Waals surface area contributed by atoms with Gasteiger partial charge in [0.15, 0.2) is 6.33 Å². The molecule has 0 aliphatic carbocycles. The van der Waals surface area contributed by atoms with E-state index in [9.17, 15) is 9.59 Å². The fourth-order valence-corrected chi connectivity index (χ4v) is 2.99. The Morgan fingerprint density at radius 1 is 0.966 bits per heavy atom. The molecule has 0 radical (unpaired) electrons. The van der Waals surface area contributed by atoms with Crippen molar-refractivity contribution in [2.75, 3.05) is 0 Å². The molecule has 13 nitrogen and oxygen atoms in total. The number of aromatic nitrogens is 10. The number of fused-ring (bicyclic) bond motifs is 2. The van der Waals surface area contributed by atoms with Crippen LogP contribution in [-0.2, 0) is 6.54 Å². The summed E-state index contributed by atoms with van der Waals surface area (Å²) in [6, 6.07) is 4.15. The van der Waals surface area contributed by atoms with Crippen molar-refractivity contribution in [3.8, 4) is 6.07 Å². The summed E-state index contributed by atoms with van der Waals surface area (Å²) in [5.74, 6) is 0. The minimum absolute atomic E-state index is 0.122. The number of tetrazole rings is 1. The van der Waals surface area contributed by atoms with E-state index in [1.807, 2.05) is 6.07 Å². The molecule has 0 aliphatic heterocycles. The molecule has 29 heavy (non-hydrogen) atoms. The highest BCUT2D eigenvalue weighted by molar-refractivity contribution is 5.93. The molecule has 0 amide bonds.